The van der Waals surface area contributed by atoms with Crippen LogP contribution >= 0.6 is 0 Å². The summed E-state index contributed by atoms with van der Waals surface area (Å²) >= 11 is 0. The summed E-state index contributed by atoms with van der Waals surface area (Å²) in [6, 6.07) is 8.66. The highest BCUT2D eigenvalue weighted by molar-refractivity contribution is 7.89. The van der Waals surface area contributed by atoms with Crippen LogP contribution in [0.15, 0.2) is 53.7 Å². The van der Waals surface area contributed by atoms with Crippen molar-refractivity contribution in [3.63, 3.8) is 0 Å². The maximum absolute atomic E-state index is 13.0. The Morgan fingerprint density at radius 1 is 1.25 bits per heavy atom. The summed E-state index contributed by atoms with van der Waals surface area (Å²) in [5, 5.41) is 0. The lowest BCUT2D eigenvalue weighted by molar-refractivity contribution is -0.117. The molecule has 1 aliphatic rings. The number of sulfonamides is 1. The maximum atomic E-state index is 13.0. The summed E-state index contributed by atoms with van der Waals surface area (Å²) < 4.78 is 39.8. The summed E-state index contributed by atoms with van der Waals surface area (Å²) in [7, 11) is -3.64. The van der Waals surface area contributed by atoms with Crippen LogP contribution in [-0.2, 0) is 14.8 Å². The first-order valence-electron chi connectivity index (χ1n) is 7.41. The standard InChI is InChI=1S/C16H16FN3O3S/c17-13-3-5-14(6-4-13)20-11-12(8-16(20)21)9-19-24(22,23)15-2-1-7-18-10-15/h1-7,10,12,19H,8-9,11H2. The lowest BCUT2D eigenvalue weighted by Gasteiger charge is -2.17. The van der Waals surface area contributed by atoms with Crippen LogP contribution in [0.5, 0.6) is 0 Å². The van der Waals surface area contributed by atoms with Crippen molar-refractivity contribution in [2.24, 2.45) is 5.92 Å². The normalized spacial score (nSPS) is 18.1. The zero-order valence-electron chi connectivity index (χ0n) is 12.7. The van der Waals surface area contributed by atoms with Crippen LogP contribution in [0.1, 0.15) is 6.42 Å². The molecule has 0 bridgehead atoms. The highest BCUT2D eigenvalue weighted by Crippen LogP contribution is 2.25. The molecular formula is C16H16FN3O3S. The van der Waals surface area contributed by atoms with Crippen molar-refractivity contribution >= 4 is 21.6 Å². The van der Waals surface area contributed by atoms with E-state index in [0.717, 1.165) is 0 Å². The van der Waals surface area contributed by atoms with Crippen LogP contribution in [0.2, 0.25) is 0 Å². The number of amides is 1. The number of aromatic nitrogens is 1. The molecule has 1 N–H and O–H groups in total. The summed E-state index contributed by atoms with van der Waals surface area (Å²) in [5.74, 6) is -0.618. The fraction of sp³-hybridized carbons (Fsp3) is 0.250. The monoisotopic (exact) mass is 349 g/mol. The Labute approximate surface area is 139 Å². The topological polar surface area (TPSA) is 79.4 Å². The third-order valence-corrected chi connectivity index (χ3v) is 5.26. The van der Waals surface area contributed by atoms with Gasteiger partial charge in [0.25, 0.3) is 0 Å². The number of rotatable bonds is 5. The largest absolute Gasteiger partial charge is 0.312 e. The number of carbonyl (C=O) groups is 1. The van der Waals surface area contributed by atoms with Gasteiger partial charge in [0.2, 0.25) is 15.9 Å². The van der Waals surface area contributed by atoms with Crippen LogP contribution in [-0.4, -0.2) is 32.4 Å². The van der Waals surface area contributed by atoms with E-state index in [1.165, 1.54) is 42.7 Å². The number of nitrogens with one attached hydrogen (secondary N) is 1. The van der Waals surface area contributed by atoms with Gasteiger partial charge in [0.15, 0.2) is 0 Å². The van der Waals surface area contributed by atoms with Crippen molar-refractivity contribution < 1.29 is 17.6 Å². The van der Waals surface area contributed by atoms with Gasteiger partial charge in [-0.2, -0.15) is 0 Å². The molecule has 1 aromatic carbocycles. The summed E-state index contributed by atoms with van der Waals surface area (Å²) in [4.78, 5) is 17.5. The number of halogens is 1. The highest BCUT2D eigenvalue weighted by Gasteiger charge is 2.31. The molecule has 1 aromatic heterocycles. The van der Waals surface area contributed by atoms with E-state index < -0.39 is 10.0 Å². The molecule has 0 saturated carbocycles. The Morgan fingerprint density at radius 2 is 2.00 bits per heavy atom. The average molecular weight is 349 g/mol. The Hall–Kier alpha value is -2.32. The van der Waals surface area contributed by atoms with Crippen LogP contribution in [0, 0.1) is 11.7 Å². The molecule has 126 valence electrons. The number of pyridine rings is 1. The highest BCUT2D eigenvalue weighted by atomic mass is 32.2. The maximum Gasteiger partial charge on any atom is 0.242 e. The molecule has 6 nitrogen and oxygen atoms in total. The van der Waals surface area contributed by atoms with Crippen LogP contribution < -0.4 is 9.62 Å². The summed E-state index contributed by atoms with van der Waals surface area (Å²) in [6.07, 6.45) is 3.01. The van der Waals surface area contributed by atoms with Gasteiger partial charge in [-0.3, -0.25) is 9.78 Å². The van der Waals surface area contributed by atoms with E-state index in [1.54, 1.807) is 11.0 Å². The second-order valence-corrected chi connectivity index (χ2v) is 7.36. The number of benzene rings is 1. The first kappa shape index (κ1) is 16.5. The number of hydrogen-bond acceptors (Lipinski definition) is 4. The van der Waals surface area contributed by atoms with E-state index >= 15 is 0 Å². The molecule has 0 spiro atoms. The predicted octanol–water partition coefficient (Wildman–Crippen LogP) is 1.55. The molecule has 1 saturated heterocycles. The van der Waals surface area contributed by atoms with Gasteiger partial charge < -0.3 is 4.90 Å². The average Bonchev–Trinajstić information content (AvgIpc) is 2.96. The zero-order chi connectivity index (χ0) is 17.2. The second-order valence-electron chi connectivity index (χ2n) is 5.59. The minimum Gasteiger partial charge on any atom is -0.312 e. The first-order chi connectivity index (χ1) is 11.5. The Balaban J connectivity index is 1.63. The minimum atomic E-state index is -3.64. The van der Waals surface area contributed by atoms with E-state index in [2.05, 4.69) is 9.71 Å². The molecule has 24 heavy (non-hydrogen) atoms. The van der Waals surface area contributed by atoms with Gasteiger partial charge in [-0.25, -0.2) is 17.5 Å². The molecule has 1 aliphatic heterocycles. The lowest BCUT2D eigenvalue weighted by Crippen LogP contribution is -2.31. The zero-order valence-corrected chi connectivity index (χ0v) is 13.5. The fourth-order valence-electron chi connectivity index (χ4n) is 2.61. The number of nitrogens with zero attached hydrogens (tertiary/aromatic N) is 2. The molecule has 3 rings (SSSR count). The van der Waals surface area contributed by atoms with E-state index in [0.29, 0.717) is 12.2 Å². The Kier molecular flexibility index (Phi) is 4.59. The van der Waals surface area contributed by atoms with Crippen molar-refractivity contribution in [1.82, 2.24) is 9.71 Å². The van der Waals surface area contributed by atoms with Gasteiger partial charge >= 0.3 is 0 Å². The summed E-state index contributed by atoms with van der Waals surface area (Å²) in [5.41, 5.74) is 0.610. The van der Waals surface area contributed by atoms with E-state index in [1.807, 2.05) is 0 Å². The Morgan fingerprint density at radius 3 is 2.67 bits per heavy atom. The van der Waals surface area contributed by atoms with Crippen LogP contribution in [0.4, 0.5) is 10.1 Å². The van der Waals surface area contributed by atoms with Gasteiger partial charge in [0.1, 0.15) is 10.7 Å². The molecular weight excluding hydrogens is 333 g/mol. The van der Waals surface area contributed by atoms with E-state index in [9.17, 15) is 17.6 Å². The van der Waals surface area contributed by atoms with Gasteiger partial charge in [-0.1, -0.05) is 0 Å². The number of anilines is 1. The second kappa shape index (κ2) is 6.66. The van der Waals surface area contributed by atoms with E-state index in [4.69, 9.17) is 0 Å². The van der Waals surface area contributed by atoms with Crippen LogP contribution in [0.3, 0.4) is 0 Å². The smallest absolute Gasteiger partial charge is 0.242 e. The molecule has 1 unspecified atom stereocenters. The van der Waals surface area contributed by atoms with Crippen molar-refractivity contribution in [1.29, 1.82) is 0 Å². The Bertz CT molecular complexity index is 825. The quantitative estimate of drug-likeness (QED) is 0.888. The van der Waals surface area contributed by atoms with Crippen molar-refractivity contribution in [2.45, 2.75) is 11.3 Å². The third kappa shape index (κ3) is 3.60. The molecule has 1 atom stereocenters. The molecule has 0 radical (unpaired) electrons. The minimum absolute atomic E-state index is 0.0877. The van der Waals surface area contributed by atoms with Gasteiger partial charge in [-0.15, -0.1) is 0 Å². The molecule has 2 aromatic rings. The van der Waals surface area contributed by atoms with E-state index in [-0.39, 0.29) is 35.5 Å². The van der Waals surface area contributed by atoms with Crippen molar-refractivity contribution in [3.05, 3.63) is 54.6 Å². The number of hydrogen-bond donors (Lipinski definition) is 1. The fourth-order valence-corrected chi connectivity index (χ4v) is 3.68. The van der Waals surface area contributed by atoms with Crippen molar-refractivity contribution in [3.8, 4) is 0 Å². The van der Waals surface area contributed by atoms with Gasteiger partial charge in [0, 0.05) is 37.6 Å². The molecule has 1 amide bonds. The number of carbonyl (C=O) groups excluding carboxylic acids is 1. The molecule has 0 aliphatic carbocycles. The van der Waals surface area contributed by atoms with Crippen LogP contribution in [0.25, 0.3) is 0 Å². The summed E-state index contributed by atoms with van der Waals surface area (Å²) in [6.45, 7) is 0.542. The van der Waals surface area contributed by atoms with Crippen molar-refractivity contribution in [2.75, 3.05) is 18.0 Å². The predicted molar refractivity (Wildman–Crippen MR) is 86.3 cm³/mol. The first-order valence-corrected chi connectivity index (χ1v) is 8.89. The van der Waals surface area contributed by atoms with Gasteiger partial charge in [-0.05, 0) is 42.3 Å². The van der Waals surface area contributed by atoms with Gasteiger partial charge in [0.05, 0.1) is 0 Å². The lowest BCUT2D eigenvalue weighted by atomic mass is 10.1. The molecule has 2 heterocycles. The third-order valence-electron chi connectivity index (χ3n) is 3.85. The molecule has 1 fully saturated rings. The SMILES string of the molecule is O=C1CC(CNS(=O)(=O)c2cccnc2)CN1c1ccc(F)cc1. The molecule has 8 heteroatoms.